The minimum absolute atomic E-state index is 0.0102. The lowest BCUT2D eigenvalue weighted by Crippen LogP contribution is -2.16. The molecule has 0 aromatic heterocycles. The third-order valence-corrected chi connectivity index (χ3v) is 5.76. The third-order valence-electron chi connectivity index (χ3n) is 5.76. The van der Waals surface area contributed by atoms with Crippen molar-refractivity contribution in [1.29, 1.82) is 0 Å². The molecule has 0 saturated heterocycles. The molecule has 0 unspecified atom stereocenters. The van der Waals surface area contributed by atoms with Crippen LogP contribution in [0.15, 0.2) is 36.4 Å². The van der Waals surface area contributed by atoms with Crippen molar-refractivity contribution in [2.45, 2.75) is 13.8 Å². The summed E-state index contributed by atoms with van der Waals surface area (Å²) in [6.45, 7) is 9.58. The largest absolute Gasteiger partial charge is 0.487 e. The quantitative estimate of drug-likeness (QED) is 0.128. The summed E-state index contributed by atoms with van der Waals surface area (Å²) in [5.74, 6) is -2.64. The van der Waals surface area contributed by atoms with Crippen LogP contribution >= 0.6 is 0 Å². The van der Waals surface area contributed by atoms with Crippen LogP contribution in [0.3, 0.4) is 0 Å². The number of nitrogens with one attached hydrogen (secondary N) is 1. The van der Waals surface area contributed by atoms with Crippen molar-refractivity contribution in [2.75, 3.05) is 97.8 Å². The van der Waals surface area contributed by atoms with Gasteiger partial charge in [0.2, 0.25) is 0 Å². The maximum absolute atomic E-state index is 13.0. The lowest BCUT2D eigenvalue weighted by molar-refractivity contribution is 0.00974. The molecule has 0 spiro atoms. The number of amides is 1. The normalized spacial score (nSPS) is 10.9. The van der Waals surface area contributed by atoms with Crippen LogP contribution in [-0.2, 0) is 28.4 Å². The monoisotopic (exact) mass is 637 g/mol. The molecule has 14 heteroatoms. The van der Waals surface area contributed by atoms with Crippen LogP contribution in [0.4, 0.5) is 5.69 Å². The van der Waals surface area contributed by atoms with Gasteiger partial charge in [-0.2, -0.15) is 0 Å². The number of carboxylic acid groups (broad SMARTS) is 2. The second kappa shape index (κ2) is 22.7. The Morgan fingerprint density at radius 1 is 0.533 bits per heavy atom. The van der Waals surface area contributed by atoms with E-state index in [9.17, 15) is 24.6 Å². The number of hydrogen-bond donors (Lipinski definition) is 3. The standard InChI is InChI=1S/C31H43NO13/c1-3-38-7-9-40-11-13-42-15-17-44-27-6-5-23(22-28(27)45-18-16-43-14-12-41-10-8-39-4-2)29(33)32-26-20-24(30(34)35)19-25(21-26)31(36)37/h5-6,19-22H,3-4,7-18H2,1-2H3,(H,32,33)(H,34,35)(H,36,37). The highest BCUT2D eigenvalue weighted by Crippen LogP contribution is 2.29. The molecule has 0 aliphatic heterocycles. The van der Waals surface area contributed by atoms with E-state index in [2.05, 4.69) is 5.32 Å². The Labute approximate surface area is 262 Å². The molecule has 0 aliphatic rings. The molecule has 0 radical (unpaired) electrons. The zero-order valence-corrected chi connectivity index (χ0v) is 25.7. The summed E-state index contributed by atoms with van der Waals surface area (Å²) in [6, 6.07) is 7.87. The molecule has 0 aliphatic carbocycles. The maximum atomic E-state index is 13.0. The van der Waals surface area contributed by atoms with Crippen LogP contribution in [0, 0.1) is 0 Å². The van der Waals surface area contributed by atoms with Gasteiger partial charge >= 0.3 is 11.9 Å². The van der Waals surface area contributed by atoms with Crippen molar-refractivity contribution >= 4 is 23.5 Å². The molecule has 0 saturated carbocycles. The van der Waals surface area contributed by atoms with Crippen molar-refractivity contribution in [1.82, 2.24) is 0 Å². The van der Waals surface area contributed by atoms with Crippen LogP contribution < -0.4 is 14.8 Å². The summed E-state index contributed by atoms with van der Waals surface area (Å²) in [6.07, 6.45) is 0. The Morgan fingerprint density at radius 2 is 0.956 bits per heavy atom. The molecule has 250 valence electrons. The van der Waals surface area contributed by atoms with Gasteiger partial charge in [0, 0.05) is 24.5 Å². The van der Waals surface area contributed by atoms with Crippen LogP contribution in [0.1, 0.15) is 44.9 Å². The number of aromatic carboxylic acids is 2. The number of hydrogen-bond acceptors (Lipinski definition) is 11. The number of anilines is 1. The maximum Gasteiger partial charge on any atom is 0.335 e. The van der Waals surface area contributed by atoms with E-state index in [4.69, 9.17) is 37.9 Å². The van der Waals surface area contributed by atoms with Crippen LogP contribution in [0.25, 0.3) is 0 Å². The Kier molecular flexibility index (Phi) is 18.8. The van der Waals surface area contributed by atoms with E-state index in [-0.39, 0.29) is 54.6 Å². The predicted molar refractivity (Wildman–Crippen MR) is 162 cm³/mol. The zero-order valence-electron chi connectivity index (χ0n) is 25.7. The van der Waals surface area contributed by atoms with E-state index in [0.29, 0.717) is 71.8 Å². The van der Waals surface area contributed by atoms with Gasteiger partial charge in [-0.05, 0) is 50.2 Å². The lowest BCUT2D eigenvalue weighted by atomic mass is 10.1. The number of benzene rings is 2. The average molecular weight is 638 g/mol. The summed E-state index contributed by atoms with van der Waals surface area (Å²) >= 11 is 0. The predicted octanol–water partition coefficient (Wildman–Crippen LogP) is 3.23. The number of rotatable bonds is 26. The molecule has 2 rings (SSSR count). The van der Waals surface area contributed by atoms with Gasteiger partial charge in [-0.25, -0.2) is 9.59 Å². The molecule has 0 heterocycles. The summed E-state index contributed by atoms with van der Waals surface area (Å²) in [4.78, 5) is 35.9. The van der Waals surface area contributed by atoms with Gasteiger partial charge < -0.3 is 53.4 Å². The van der Waals surface area contributed by atoms with Gasteiger partial charge in [0.1, 0.15) is 13.2 Å². The molecule has 0 atom stereocenters. The van der Waals surface area contributed by atoms with E-state index >= 15 is 0 Å². The number of carboxylic acids is 2. The summed E-state index contributed by atoms with van der Waals surface area (Å²) in [7, 11) is 0. The van der Waals surface area contributed by atoms with Crippen molar-refractivity contribution in [2.24, 2.45) is 0 Å². The van der Waals surface area contributed by atoms with Gasteiger partial charge in [0.05, 0.1) is 77.2 Å². The summed E-state index contributed by atoms with van der Waals surface area (Å²) in [5.41, 5.74) is -0.385. The highest BCUT2D eigenvalue weighted by molar-refractivity contribution is 6.06. The number of carbonyl (C=O) groups is 3. The molecule has 14 nitrogen and oxygen atoms in total. The molecular formula is C31H43NO13. The van der Waals surface area contributed by atoms with Gasteiger partial charge in [-0.15, -0.1) is 0 Å². The topological polar surface area (TPSA) is 178 Å². The van der Waals surface area contributed by atoms with Crippen molar-refractivity contribution in [3.8, 4) is 11.5 Å². The minimum atomic E-state index is -1.33. The van der Waals surface area contributed by atoms with E-state index in [1.807, 2.05) is 13.8 Å². The first-order chi connectivity index (χ1) is 21.8. The van der Waals surface area contributed by atoms with Gasteiger partial charge in [0.25, 0.3) is 5.91 Å². The lowest BCUT2D eigenvalue weighted by Gasteiger charge is -2.15. The Balaban J connectivity index is 1.98. The van der Waals surface area contributed by atoms with E-state index < -0.39 is 17.8 Å². The van der Waals surface area contributed by atoms with Gasteiger partial charge in [-0.1, -0.05) is 0 Å². The Bertz CT molecular complexity index is 1140. The molecule has 0 bridgehead atoms. The second-order valence-electron chi connectivity index (χ2n) is 9.07. The SMILES string of the molecule is CCOCCOCCOCCOc1ccc(C(=O)Nc2cc(C(=O)O)cc(C(=O)O)c2)cc1OCCOCCOCCOCC. The summed E-state index contributed by atoms with van der Waals surface area (Å²) in [5, 5.41) is 21.2. The third kappa shape index (κ3) is 15.7. The first kappa shape index (κ1) is 37.4. The molecular weight excluding hydrogens is 594 g/mol. The highest BCUT2D eigenvalue weighted by atomic mass is 16.6. The Hall–Kier alpha value is -3.79. The molecule has 2 aromatic rings. The molecule has 45 heavy (non-hydrogen) atoms. The van der Waals surface area contributed by atoms with Crippen LogP contribution in [0.5, 0.6) is 11.5 Å². The first-order valence-electron chi connectivity index (χ1n) is 14.6. The molecule has 0 fully saturated rings. The Morgan fingerprint density at radius 3 is 1.40 bits per heavy atom. The number of ether oxygens (including phenoxy) is 8. The first-order valence-corrected chi connectivity index (χ1v) is 14.6. The minimum Gasteiger partial charge on any atom is -0.487 e. The van der Waals surface area contributed by atoms with E-state index in [0.717, 1.165) is 6.07 Å². The highest BCUT2D eigenvalue weighted by Gasteiger charge is 2.16. The molecule has 3 N–H and O–H groups in total. The fourth-order valence-corrected chi connectivity index (χ4v) is 3.62. The molecule has 2 aromatic carbocycles. The van der Waals surface area contributed by atoms with Crippen molar-refractivity contribution in [3.63, 3.8) is 0 Å². The van der Waals surface area contributed by atoms with Crippen molar-refractivity contribution < 1.29 is 62.5 Å². The fourth-order valence-electron chi connectivity index (χ4n) is 3.62. The van der Waals surface area contributed by atoms with Crippen LogP contribution in [-0.4, -0.2) is 121 Å². The second-order valence-corrected chi connectivity index (χ2v) is 9.07. The fraction of sp³-hybridized carbons (Fsp3) is 0.516. The molecule has 1 amide bonds. The van der Waals surface area contributed by atoms with E-state index in [1.54, 1.807) is 6.07 Å². The summed E-state index contributed by atoms with van der Waals surface area (Å²) < 4.78 is 44.0. The van der Waals surface area contributed by atoms with E-state index in [1.165, 1.54) is 24.3 Å². The van der Waals surface area contributed by atoms with Crippen LogP contribution in [0.2, 0.25) is 0 Å². The van der Waals surface area contributed by atoms with Crippen molar-refractivity contribution in [3.05, 3.63) is 53.1 Å². The van der Waals surface area contributed by atoms with Gasteiger partial charge in [-0.3, -0.25) is 4.79 Å². The smallest absolute Gasteiger partial charge is 0.335 e. The zero-order chi connectivity index (χ0) is 32.7. The van der Waals surface area contributed by atoms with Gasteiger partial charge in [0.15, 0.2) is 11.5 Å². The number of carbonyl (C=O) groups excluding carboxylic acids is 1. The average Bonchev–Trinajstić information content (AvgIpc) is 3.03.